The van der Waals surface area contributed by atoms with Crippen LogP contribution in [0.5, 0.6) is 0 Å². The number of morpholine rings is 2. The predicted molar refractivity (Wildman–Crippen MR) is 208 cm³/mol. The Morgan fingerprint density at radius 2 is 1.00 bits per heavy atom. The van der Waals surface area contributed by atoms with Crippen LogP contribution in [0.25, 0.3) is 22.8 Å². The van der Waals surface area contributed by atoms with E-state index in [1.165, 1.54) is 12.5 Å². The van der Waals surface area contributed by atoms with Gasteiger partial charge >= 0.3 is 0 Å². The molecule has 2 aromatic carbocycles. The van der Waals surface area contributed by atoms with E-state index in [1.807, 2.05) is 29.2 Å². The number of hydrogen-bond donors (Lipinski definition) is 2. The summed E-state index contributed by atoms with van der Waals surface area (Å²) in [5, 5.41) is 0. The molecule has 0 atom stereocenters. The zero-order chi connectivity index (χ0) is 38.9. The van der Waals surface area contributed by atoms with Crippen LogP contribution in [-0.4, -0.2) is 117 Å². The molecule has 2 saturated heterocycles. The molecule has 2 fully saturated rings. The summed E-state index contributed by atoms with van der Waals surface area (Å²) in [5.41, 5.74) is 9.93. The molecule has 2 aliphatic rings. The van der Waals surface area contributed by atoms with Crippen molar-refractivity contribution in [2.45, 2.75) is 24.6 Å². The number of rotatable bonds is 12. The molecule has 0 bridgehead atoms. The Morgan fingerprint density at radius 1 is 0.611 bits per heavy atom. The maximum atomic E-state index is 11.8. The summed E-state index contributed by atoms with van der Waals surface area (Å²) in [5.74, 6) is 2.06. The quantitative estimate of drug-likeness (QED) is 0.208. The number of benzene rings is 2. The van der Waals surface area contributed by atoms with Crippen molar-refractivity contribution in [2.75, 3.05) is 81.2 Å². The molecule has 6 rings (SSSR count). The molecule has 0 aliphatic carbocycles. The molecule has 4 heterocycles. The first-order chi connectivity index (χ1) is 25.5. The van der Waals surface area contributed by atoms with Crippen molar-refractivity contribution in [3.63, 3.8) is 0 Å². The summed E-state index contributed by atoms with van der Waals surface area (Å²) in [6.45, 7) is 5.88. The fourth-order valence-electron chi connectivity index (χ4n) is 5.59. The van der Waals surface area contributed by atoms with Gasteiger partial charge in [0, 0.05) is 75.0 Å². The van der Waals surface area contributed by atoms with Crippen LogP contribution in [0.15, 0.2) is 60.7 Å². The standard InChI is InChI=1S/C18H24N4O5S2.C17H22N4O3S/c1-28(23,24)13-16-11-17(22-7-9-27-10-8-22)21-18(20-16)15-5-3-14(4-6-15)12-19-29(2,25)26;1-25(22,23)12-15-10-16(21-6-8-24-9-7-21)20-17(19-15)14-4-2-13(11-18)3-5-14/h3-6,11,19H,7-10,12-13H2,1-2H3;2-5,10H,6-9,11-12,18H2,1H3. The molecule has 0 radical (unpaired) electrons. The van der Waals surface area contributed by atoms with Crippen LogP contribution in [0.3, 0.4) is 0 Å². The number of sulfone groups is 2. The second-order valence-corrected chi connectivity index (χ2v) is 19.2. The van der Waals surface area contributed by atoms with Crippen LogP contribution in [0, 0.1) is 0 Å². The molecule has 54 heavy (non-hydrogen) atoms. The topological polar surface area (TPSA) is 217 Å². The lowest BCUT2D eigenvalue weighted by Gasteiger charge is -2.28. The molecule has 2 aromatic heterocycles. The molecule has 4 aromatic rings. The van der Waals surface area contributed by atoms with Gasteiger partial charge in [-0.25, -0.2) is 49.9 Å². The number of nitrogens with one attached hydrogen (secondary N) is 1. The van der Waals surface area contributed by atoms with Gasteiger partial charge in [-0.15, -0.1) is 0 Å². The molecule has 0 unspecified atom stereocenters. The van der Waals surface area contributed by atoms with Crippen molar-refractivity contribution in [2.24, 2.45) is 5.73 Å². The lowest BCUT2D eigenvalue weighted by atomic mass is 10.1. The van der Waals surface area contributed by atoms with Crippen molar-refractivity contribution < 1.29 is 34.7 Å². The Hall–Kier alpha value is -4.11. The van der Waals surface area contributed by atoms with E-state index in [9.17, 15) is 25.3 Å². The zero-order valence-corrected chi connectivity index (χ0v) is 33.0. The smallest absolute Gasteiger partial charge is 0.209 e. The molecular weight excluding hydrogens is 757 g/mol. The van der Waals surface area contributed by atoms with Gasteiger partial charge in [0.05, 0.1) is 55.6 Å². The monoisotopic (exact) mass is 802 g/mol. The number of nitrogens with zero attached hydrogens (tertiary/aromatic N) is 6. The van der Waals surface area contributed by atoms with E-state index in [4.69, 9.17) is 15.2 Å². The van der Waals surface area contributed by atoms with Gasteiger partial charge in [0.1, 0.15) is 11.6 Å². The molecule has 3 N–H and O–H groups in total. The highest BCUT2D eigenvalue weighted by molar-refractivity contribution is 7.90. The van der Waals surface area contributed by atoms with Crippen LogP contribution in [0.2, 0.25) is 0 Å². The van der Waals surface area contributed by atoms with Crippen LogP contribution >= 0.6 is 0 Å². The van der Waals surface area contributed by atoms with E-state index >= 15 is 0 Å². The van der Waals surface area contributed by atoms with Gasteiger partial charge in [-0.2, -0.15) is 0 Å². The molecule has 19 heteroatoms. The second-order valence-electron chi connectivity index (χ2n) is 13.1. The summed E-state index contributed by atoms with van der Waals surface area (Å²) in [7, 11) is -9.71. The van der Waals surface area contributed by atoms with Crippen LogP contribution in [0.1, 0.15) is 22.5 Å². The van der Waals surface area contributed by atoms with Crippen LogP contribution in [0.4, 0.5) is 11.6 Å². The molecule has 0 saturated carbocycles. The van der Waals surface area contributed by atoms with E-state index < -0.39 is 29.7 Å². The maximum Gasteiger partial charge on any atom is 0.209 e. The summed E-state index contributed by atoms with van der Waals surface area (Å²) >= 11 is 0. The number of ether oxygens (including phenoxy) is 2. The van der Waals surface area contributed by atoms with Gasteiger partial charge in [0.25, 0.3) is 0 Å². The predicted octanol–water partition coefficient (Wildman–Crippen LogP) is 1.56. The fraction of sp³-hybridized carbons (Fsp3) is 0.429. The van der Waals surface area contributed by atoms with E-state index in [0.29, 0.717) is 74.9 Å². The van der Waals surface area contributed by atoms with E-state index in [0.717, 1.165) is 47.4 Å². The fourth-order valence-corrected chi connectivity index (χ4v) is 7.39. The third-order valence-corrected chi connectivity index (χ3v) is 10.5. The van der Waals surface area contributed by atoms with E-state index in [-0.39, 0.29) is 18.1 Å². The number of anilines is 2. The minimum Gasteiger partial charge on any atom is -0.378 e. The number of nitrogens with two attached hydrogens (primary N) is 1. The Labute approximate surface area is 317 Å². The average molecular weight is 803 g/mol. The highest BCUT2D eigenvalue weighted by Crippen LogP contribution is 2.24. The molecular formula is C35H46N8O8S3. The minimum absolute atomic E-state index is 0.110. The van der Waals surface area contributed by atoms with Crippen molar-refractivity contribution in [1.82, 2.24) is 24.7 Å². The van der Waals surface area contributed by atoms with Gasteiger partial charge in [-0.3, -0.25) is 0 Å². The SMILES string of the molecule is CS(=O)(=O)Cc1cc(N2CCOCC2)nc(-c2ccc(CN)cc2)n1.CS(=O)(=O)Cc1cc(N2CCOCC2)nc(-c2ccc(CNS(C)(=O)=O)cc2)n1. The third kappa shape index (κ3) is 13.0. The first-order valence-electron chi connectivity index (χ1n) is 17.1. The number of sulfonamides is 1. The summed E-state index contributed by atoms with van der Waals surface area (Å²) in [4.78, 5) is 22.3. The number of aromatic nitrogens is 4. The maximum absolute atomic E-state index is 11.8. The van der Waals surface area contributed by atoms with Gasteiger partial charge in [0.15, 0.2) is 31.3 Å². The minimum atomic E-state index is -3.27. The van der Waals surface area contributed by atoms with Gasteiger partial charge < -0.3 is 25.0 Å². The first kappa shape index (κ1) is 41.1. The highest BCUT2D eigenvalue weighted by atomic mass is 32.2. The van der Waals surface area contributed by atoms with Crippen molar-refractivity contribution in [3.05, 3.63) is 83.2 Å². The molecule has 0 amide bonds. The lowest BCUT2D eigenvalue weighted by molar-refractivity contribution is 0.122. The first-order valence-corrected chi connectivity index (χ1v) is 23.1. The normalized spacial score (nSPS) is 15.4. The highest BCUT2D eigenvalue weighted by Gasteiger charge is 2.19. The van der Waals surface area contributed by atoms with Crippen LogP contribution in [-0.2, 0) is 63.8 Å². The van der Waals surface area contributed by atoms with Crippen molar-refractivity contribution in [3.8, 4) is 22.8 Å². The Kier molecular flexibility index (Phi) is 13.7. The Morgan fingerprint density at radius 3 is 1.35 bits per heavy atom. The second kappa shape index (κ2) is 18.0. The molecule has 0 spiro atoms. The van der Waals surface area contributed by atoms with Gasteiger partial charge in [-0.1, -0.05) is 48.5 Å². The Balaban J connectivity index is 0.000000210. The molecule has 2 aliphatic heterocycles. The van der Waals surface area contributed by atoms with Crippen molar-refractivity contribution >= 4 is 41.3 Å². The van der Waals surface area contributed by atoms with E-state index in [2.05, 4.69) is 29.6 Å². The van der Waals surface area contributed by atoms with E-state index in [1.54, 1.807) is 36.4 Å². The largest absolute Gasteiger partial charge is 0.378 e. The molecule has 16 nitrogen and oxygen atoms in total. The zero-order valence-electron chi connectivity index (χ0n) is 30.5. The van der Waals surface area contributed by atoms with Crippen molar-refractivity contribution in [1.29, 1.82) is 0 Å². The summed E-state index contributed by atoms with van der Waals surface area (Å²) in [6, 6.07) is 18.3. The van der Waals surface area contributed by atoms with Gasteiger partial charge in [0.2, 0.25) is 10.0 Å². The van der Waals surface area contributed by atoms with Crippen LogP contribution < -0.4 is 20.3 Å². The average Bonchev–Trinajstić information content (AvgIpc) is 3.13. The summed E-state index contributed by atoms with van der Waals surface area (Å²) in [6.07, 6.45) is 3.49. The van der Waals surface area contributed by atoms with Gasteiger partial charge in [-0.05, 0) is 11.1 Å². The third-order valence-electron chi connectivity index (χ3n) is 8.22. The lowest BCUT2D eigenvalue weighted by Crippen LogP contribution is -2.37. The Bertz CT molecular complexity index is 2210. The summed E-state index contributed by atoms with van der Waals surface area (Å²) < 4.78 is 82.7. The molecule has 292 valence electrons. The number of hydrogen-bond acceptors (Lipinski definition) is 15.